The van der Waals surface area contributed by atoms with Gasteiger partial charge in [-0.25, -0.2) is 4.98 Å². The van der Waals surface area contributed by atoms with Gasteiger partial charge in [0.05, 0.1) is 17.9 Å². The molecule has 1 atom stereocenters. The largest absolute Gasteiger partial charge is 0.457 e. The highest BCUT2D eigenvalue weighted by Gasteiger charge is 2.31. The molecule has 0 aromatic carbocycles. The van der Waals surface area contributed by atoms with Crippen molar-refractivity contribution in [2.24, 2.45) is 0 Å². The van der Waals surface area contributed by atoms with E-state index in [4.69, 9.17) is 4.42 Å². The molecule has 1 aliphatic rings. The van der Waals surface area contributed by atoms with Crippen molar-refractivity contribution in [3.63, 3.8) is 0 Å². The van der Waals surface area contributed by atoms with Crippen molar-refractivity contribution < 1.29 is 9.21 Å². The summed E-state index contributed by atoms with van der Waals surface area (Å²) in [4.78, 5) is 18.6. The minimum atomic E-state index is -0.0401. The zero-order valence-corrected chi connectivity index (χ0v) is 11.8. The van der Waals surface area contributed by atoms with Gasteiger partial charge in [0.25, 0.3) is 5.91 Å². The zero-order chi connectivity index (χ0) is 13.2. The Morgan fingerprint density at radius 2 is 2.42 bits per heavy atom. The molecule has 1 N–H and O–H groups in total. The molecule has 1 amide bonds. The number of aromatic nitrogens is 3. The number of aromatic amines is 1. The molecule has 1 saturated heterocycles. The highest BCUT2D eigenvalue weighted by Crippen LogP contribution is 2.31. The quantitative estimate of drug-likeness (QED) is 0.921. The molecule has 1 fully saturated rings. The molecule has 0 aliphatic carbocycles. The highest BCUT2D eigenvalue weighted by atomic mass is 79.9. The van der Waals surface area contributed by atoms with Crippen LogP contribution >= 0.6 is 15.9 Å². The summed E-state index contributed by atoms with van der Waals surface area (Å²) >= 11 is 3.25. The van der Waals surface area contributed by atoms with Crippen molar-refractivity contribution >= 4 is 21.8 Å². The Bertz CT molecular complexity index is 566. The minimum absolute atomic E-state index is 0.0365. The maximum atomic E-state index is 12.6. The third-order valence-electron chi connectivity index (χ3n) is 3.36. The number of amides is 1. The number of carbonyl (C=O) groups is 1. The number of carbonyl (C=O) groups excluding carboxylic acids is 1. The van der Waals surface area contributed by atoms with Crippen molar-refractivity contribution in [2.45, 2.75) is 25.3 Å². The molecule has 0 radical (unpaired) electrons. The molecule has 2 aromatic rings. The molecule has 19 heavy (non-hydrogen) atoms. The second-order valence-electron chi connectivity index (χ2n) is 4.49. The van der Waals surface area contributed by atoms with Crippen molar-refractivity contribution in [3.05, 3.63) is 34.7 Å². The summed E-state index contributed by atoms with van der Waals surface area (Å²) in [7, 11) is 0. The fraction of sp³-hybridized carbons (Fsp3) is 0.417. The summed E-state index contributed by atoms with van der Waals surface area (Å²) in [6.45, 7) is 0.724. The predicted octanol–water partition coefficient (Wildman–Crippen LogP) is 2.53. The van der Waals surface area contributed by atoms with Gasteiger partial charge in [0.1, 0.15) is 12.2 Å². The smallest absolute Gasteiger partial charge is 0.258 e. The number of piperidine rings is 1. The average molecular weight is 325 g/mol. The van der Waals surface area contributed by atoms with E-state index in [2.05, 4.69) is 31.1 Å². The van der Waals surface area contributed by atoms with Crippen LogP contribution in [0.25, 0.3) is 0 Å². The number of halogens is 1. The summed E-state index contributed by atoms with van der Waals surface area (Å²) in [6, 6.07) is 1.64. The van der Waals surface area contributed by atoms with Crippen molar-refractivity contribution in [1.82, 2.24) is 20.1 Å². The van der Waals surface area contributed by atoms with Crippen LogP contribution in [0.15, 0.2) is 27.7 Å². The number of hydrogen-bond donors (Lipinski definition) is 1. The molecular weight excluding hydrogens is 312 g/mol. The summed E-state index contributed by atoms with van der Waals surface area (Å²) in [5.74, 6) is 0.703. The van der Waals surface area contributed by atoms with Crippen molar-refractivity contribution in [1.29, 1.82) is 0 Å². The maximum absolute atomic E-state index is 12.6. The van der Waals surface area contributed by atoms with Gasteiger partial charge in [-0.2, -0.15) is 5.10 Å². The monoisotopic (exact) mass is 324 g/mol. The molecule has 3 rings (SSSR count). The van der Waals surface area contributed by atoms with E-state index in [-0.39, 0.29) is 11.9 Å². The second-order valence-corrected chi connectivity index (χ2v) is 5.21. The van der Waals surface area contributed by atoms with Gasteiger partial charge in [0.2, 0.25) is 0 Å². The van der Waals surface area contributed by atoms with Gasteiger partial charge in [-0.3, -0.25) is 9.89 Å². The van der Waals surface area contributed by atoms with E-state index in [0.717, 1.165) is 31.6 Å². The van der Waals surface area contributed by atoms with E-state index in [1.807, 2.05) is 4.90 Å². The lowest BCUT2D eigenvalue weighted by molar-refractivity contribution is 0.0598. The number of furan rings is 1. The van der Waals surface area contributed by atoms with Gasteiger partial charge >= 0.3 is 0 Å². The molecule has 6 nitrogen and oxygen atoms in total. The van der Waals surface area contributed by atoms with Gasteiger partial charge in [-0.1, -0.05) is 0 Å². The van der Waals surface area contributed by atoms with E-state index < -0.39 is 0 Å². The predicted molar refractivity (Wildman–Crippen MR) is 70.4 cm³/mol. The van der Waals surface area contributed by atoms with Crippen LogP contribution in [-0.4, -0.2) is 32.5 Å². The lowest BCUT2D eigenvalue weighted by atomic mass is 10.0. The van der Waals surface area contributed by atoms with Crippen LogP contribution in [0.1, 0.15) is 41.5 Å². The molecule has 2 aromatic heterocycles. The highest BCUT2D eigenvalue weighted by molar-refractivity contribution is 9.10. The first-order chi connectivity index (χ1) is 9.27. The normalized spacial score (nSPS) is 19.6. The van der Waals surface area contributed by atoms with Gasteiger partial charge in [0, 0.05) is 6.54 Å². The van der Waals surface area contributed by atoms with Crippen molar-refractivity contribution in [2.75, 3.05) is 6.54 Å². The molecule has 3 heterocycles. The van der Waals surface area contributed by atoms with Crippen LogP contribution in [0.3, 0.4) is 0 Å². The zero-order valence-electron chi connectivity index (χ0n) is 10.2. The lowest BCUT2D eigenvalue weighted by Crippen LogP contribution is -2.39. The standard InChI is InChI=1S/C12H13BrN4O2/c13-10-8(4-6-19-10)12(18)17-5-2-1-3-9(17)11-14-7-15-16-11/h4,6-7,9H,1-3,5H2,(H,14,15,16)/t9-/m1/s1. The first kappa shape index (κ1) is 12.4. The van der Waals surface area contributed by atoms with E-state index in [9.17, 15) is 4.79 Å². The summed E-state index contributed by atoms with van der Waals surface area (Å²) < 4.78 is 5.61. The Morgan fingerprint density at radius 3 is 3.11 bits per heavy atom. The fourth-order valence-electron chi connectivity index (χ4n) is 2.44. The van der Waals surface area contributed by atoms with Crippen LogP contribution in [0, 0.1) is 0 Å². The van der Waals surface area contributed by atoms with Crippen LogP contribution in [-0.2, 0) is 0 Å². The first-order valence-corrected chi connectivity index (χ1v) is 6.96. The molecular formula is C12H13BrN4O2. The van der Waals surface area contributed by atoms with Gasteiger partial charge in [-0.05, 0) is 41.3 Å². The van der Waals surface area contributed by atoms with Crippen LogP contribution in [0.2, 0.25) is 0 Å². The average Bonchev–Trinajstić information content (AvgIpc) is 3.09. The Morgan fingerprint density at radius 1 is 1.53 bits per heavy atom. The number of hydrogen-bond acceptors (Lipinski definition) is 4. The molecule has 0 bridgehead atoms. The SMILES string of the molecule is O=C(c1ccoc1Br)N1CCCC[C@@H]1c1ncn[nH]1. The third kappa shape index (κ3) is 2.30. The summed E-state index contributed by atoms with van der Waals surface area (Å²) in [6.07, 6.45) is 5.97. The second kappa shape index (κ2) is 5.16. The van der Waals surface area contributed by atoms with Crippen LogP contribution in [0.5, 0.6) is 0 Å². The van der Waals surface area contributed by atoms with Gasteiger partial charge in [0.15, 0.2) is 4.67 Å². The van der Waals surface area contributed by atoms with Gasteiger partial charge < -0.3 is 9.32 Å². The van der Waals surface area contributed by atoms with Crippen molar-refractivity contribution in [3.8, 4) is 0 Å². The van der Waals surface area contributed by atoms with E-state index in [1.54, 1.807) is 6.07 Å². The van der Waals surface area contributed by atoms with Crippen LogP contribution in [0.4, 0.5) is 0 Å². The van der Waals surface area contributed by atoms with Gasteiger partial charge in [-0.15, -0.1) is 0 Å². The molecule has 0 spiro atoms. The van der Waals surface area contributed by atoms with E-state index in [1.165, 1.54) is 12.6 Å². The summed E-state index contributed by atoms with van der Waals surface area (Å²) in [5, 5.41) is 6.73. The molecule has 0 unspecified atom stereocenters. The Kier molecular flexibility index (Phi) is 3.37. The molecule has 1 aliphatic heterocycles. The fourth-order valence-corrected chi connectivity index (χ4v) is 2.84. The van der Waals surface area contributed by atoms with E-state index >= 15 is 0 Å². The van der Waals surface area contributed by atoms with Crippen LogP contribution < -0.4 is 0 Å². The Balaban J connectivity index is 1.89. The Labute approximate surface area is 118 Å². The number of H-pyrrole nitrogens is 1. The molecule has 7 heteroatoms. The summed E-state index contributed by atoms with van der Waals surface area (Å²) in [5.41, 5.74) is 0.548. The maximum Gasteiger partial charge on any atom is 0.258 e. The minimum Gasteiger partial charge on any atom is -0.457 e. The topological polar surface area (TPSA) is 75.0 Å². The number of likely N-dealkylation sites (tertiary alicyclic amines) is 1. The number of rotatable bonds is 2. The molecule has 0 saturated carbocycles. The number of nitrogens with zero attached hydrogens (tertiary/aromatic N) is 3. The number of nitrogens with one attached hydrogen (secondary N) is 1. The third-order valence-corrected chi connectivity index (χ3v) is 3.98. The lowest BCUT2D eigenvalue weighted by Gasteiger charge is -2.34. The first-order valence-electron chi connectivity index (χ1n) is 6.16. The van der Waals surface area contributed by atoms with E-state index in [0.29, 0.717) is 10.2 Å². The molecule has 100 valence electrons. The Hall–Kier alpha value is -1.63.